The van der Waals surface area contributed by atoms with Crippen molar-refractivity contribution < 1.29 is 4.79 Å². The Kier molecular flexibility index (Phi) is 6.88. The van der Waals surface area contributed by atoms with Crippen LogP contribution in [0.15, 0.2) is 29.2 Å². The Morgan fingerprint density at radius 2 is 1.94 bits per heavy atom. The minimum atomic E-state index is -0.0330. The minimum absolute atomic E-state index is 0.0330. The van der Waals surface area contributed by atoms with Crippen molar-refractivity contribution in [3.63, 3.8) is 0 Å². The topological polar surface area (TPSA) is 29.1 Å². The van der Waals surface area contributed by atoms with Gasteiger partial charge in [0, 0.05) is 11.4 Å². The molecule has 0 bridgehead atoms. The van der Waals surface area contributed by atoms with Gasteiger partial charge in [-0.2, -0.15) is 0 Å². The lowest BCUT2D eigenvalue weighted by atomic mass is 10.2. The van der Waals surface area contributed by atoms with Crippen LogP contribution in [0.1, 0.15) is 38.7 Å². The molecule has 100 valence electrons. The molecule has 0 fully saturated rings. The predicted octanol–water partition coefficient (Wildman–Crippen LogP) is 3.78. The highest BCUT2D eigenvalue weighted by atomic mass is 32.2. The number of thioether (sulfide) groups is 1. The standard InChI is InChI=1S/C15H23NOS/c1-4-5-6-11-16-15(17)13(3)18-14-9-7-12(2)8-10-14/h7-10,13H,4-6,11H2,1-3H3,(H,16,17)/t13-/m0/s1. The zero-order valence-corrected chi connectivity index (χ0v) is 12.3. The first-order chi connectivity index (χ1) is 8.63. The van der Waals surface area contributed by atoms with Crippen LogP contribution in [0, 0.1) is 6.92 Å². The van der Waals surface area contributed by atoms with Gasteiger partial charge in [0.1, 0.15) is 0 Å². The first kappa shape index (κ1) is 15.1. The number of rotatable bonds is 7. The van der Waals surface area contributed by atoms with Gasteiger partial charge < -0.3 is 5.32 Å². The SMILES string of the molecule is CCCCCNC(=O)[C@H](C)Sc1ccc(C)cc1. The molecule has 0 unspecified atom stereocenters. The third kappa shape index (κ3) is 5.58. The van der Waals surface area contributed by atoms with Crippen LogP contribution in [-0.2, 0) is 4.79 Å². The molecule has 1 rings (SSSR count). The molecule has 0 saturated carbocycles. The normalized spacial score (nSPS) is 12.2. The highest BCUT2D eigenvalue weighted by molar-refractivity contribution is 8.00. The summed E-state index contributed by atoms with van der Waals surface area (Å²) in [4.78, 5) is 13.0. The van der Waals surface area contributed by atoms with Crippen molar-refractivity contribution in [2.24, 2.45) is 0 Å². The first-order valence-electron chi connectivity index (χ1n) is 6.64. The van der Waals surface area contributed by atoms with E-state index in [2.05, 4.69) is 43.4 Å². The van der Waals surface area contributed by atoms with Crippen molar-refractivity contribution in [2.75, 3.05) is 6.54 Å². The van der Waals surface area contributed by atoms with Gasteiger partial charge in [-0.05, 0) is 32.4 Å². The van der Waals surface area contributed by atoms with Crippen molar-refractivity contribution in [3.05, 3.63) is 29.8 Å². The summed E-state index contributed by atoms with van der Waals surface area (Å²) in [5, 5.41) is 2.96. The molecule has 3 heteroatoms. The lowest BCUT2D eigenvalue weighted by Gasteiger charge is -2.12. The van der Waals surface area contributed by atoms with Crippen LogP contribution in [0.5, 0.6) is 0 Å². The van der Waals surface area contributed by atoms with Crippen molar-refractivity contribution >= 4 is 17.7 Å². The molecule has 0 aromatic heterocycles. The minimum Gasteiger partial charge on any atom is -0.355 e. The number of carbonyl (C=O) groups is 1. The van der Waals surface area contributed by atoms with Gasteiger partial charge in [0.15, 0.2) is 0 Å². The number of hydrogen-bond donors (Lipinski definition) is 1. The Balaban J connectivity index is 2.33. The van der Waals surface area contributed by atoms with Gasteiger partial charge >= 0.3 is 0 Å². The molecule has 1 N–H and O–H groups in total. The number of benzene rings is 1. The van der Waals surface area contributed by atoms with Crippen LogP contribution < -0.4 is 5.32 Å². The number of hydrogen-bond acceptors (Lipinski definition) is 2. The van der Waals surface area contributed by atoms with Gasteiger partial charge in [0.05, 0.1) is 5.25 Å². The Bertz CT molecular complexity index is 361. The van der Waals surface area contributed by atoms with Crippen LogP contribution in [-0.4, -0.2) is 17.7 Å². The molecule has 1 amide bonds. The number of nitrogens with one attached hydrogen (secondary N) is 1. The van der Waals surface area contributed by atoms with E-state index in [-0.39, 0.29) is 11.2 Å². The van der Waals surface area contributed by atoms with E-state index in [1.54, 1.807) is 11.8 Å². The molecule has 0 saturated heterocycles. The predicted molar refractivity (Wildman–Crippen MR) is 79.0 cm³/mol. The molecule has 0 spiro atoms. The van der Waals surface area contributed by atoms with Crippen LogP contribution in [0.3, 0.4) is 0 Å². The molecule has 18 heavy (non-hydrogen) atoms. The van der Waals surface area contributed by atoms with E-state index >= 15 is 0 Å². The summed E-state index contributed by atoms with van der Waals surface area (Å²) in [5.74, 6) is 0.136. The fourth-order valence-electron chi connectivity index (χ4n) is 1.60. The summed E-state index contributed by atoms with van der Waals surface area (Å²) in [5.41, 5.74) is 1.25. The molecule has 0 aliphatic heterocycles. The van der Waals surface area contributed by atoms with Crippen molar-refractivity contribution in [2.45, 2.75) is 50.2 Å². The van der Waals surface area contributed by atoms with Gasteiger partial charge in [-0.3, -0.25) is 4.79 Å². The molecular formula is C15H23NOS. The second-order valence-corrected chi connectivity index (χ2v) is 5.99. The molecule has 1 aromatic rings. The highest BCUT2D eigenvalue weighted by Gasteiger charge is 2.13. The lowest BCUT2D eigenvalue weighted by Crippen LogP contribution is -2.31. The Morgan fingerprint density at radius 1 is 1.28 bits per heavy atom. The quantitative estimate of drug-likeness (QED) is 0.600. The van der Waals surface area contributed by atoms with Gasteiger partial charge in [0.25, 0.3) is 0 Å². The maximum Gasteiger partial charge on any atom is 0.233 e. The van der Waals surface area contributed by atoms with Gasteiger partial charge in [-0.15, -0.1) is 11.8 Å². The highest BCUT2D eigenvalue weighted by Crippen LogP contribution is 2.23. The second-order valence-electron chi connectivity index (χ2n) is 4.57. The first-order valence-corrected chi connectivity index (χ1v) is 7.52. The largest absolute Gasteiger partial charge is 0.355 e. The summed E-state index contributed by atoms with van der Waals surface area (Å²) in [7, 11) is 0. The fourth-order valence-corrected chi connectivity index (χ4v) is 2.50. The summed E-state index contributed by atoms with van der Waals surface area (Å²) < 4.78 is 0. The Morgan fingerprint density at radius 3 is 2.56 bits per heavy atom. The van der Waals surface area contributed by atoms with E-state index < -0.39 is 0 Å². The molecule has 0 radical (unpaired) electrons. The van der Waals surface area contributed by atoms with E-state index in [0.29, 0.717) is 0 Å². The second kappa shape index (κ2) is 8.20. The van der Waals surface area contributed by atoms with Crippen LogP contribution in [0.25, 0.3) is 0 Å². The molecule has 0 aliphatic carbocycles. The molecule has 0 aliphatic rings. The third-order valence-corrected chi connectivity index (χ3v) is 3.89. The van der Waals surface area contributed by atoms with Crippen molar-refractivity contribution in [3.8, 4) is 0 Å². The van der Waals surface area contributed by atoms with Gasteiger partial charge in [0.2, 0.25) is 5.91 Å². The van der Waals surface area contributed by atoms with Crippen molar-refractivity contribution in [1.82, 2.24) is 5.32 Å². The average Bonchev–Trinajstić information content (AvgIpc) is 2.37. The van der Waals surface area contributed by atoms with E-state index in [1.165, 1.54) is 18.4 Å². The van der Waals surface area contributed by atoms with E-state index in [1.807, 2.05) is 6.92 Å². The van der Waals surface area contributed by atoms with Crippen molar-refractivity contribution in [1.29, 1.82) is 0 Å². The number of unbranched alkanes of at least 4 members (excludes halogenated alkanes) is 2. The third-order valence-electron chi connectivity index (χ3n) is 2.78. The maximum absolute atomic E-state index is 11.8. The summed E-state index contributed by atoms with van der Waals surface area (Å²) >= 11 is 1.61. The van der Waals surface area contributed by atoms with E-state index in [0.717, 1.165) is 17.9 Å². The fraction of sp³-hybridized carbons (Fsp3) is 0.533. The summed E-state index contributed by atoms with van der Waals surface area (Å²) in [6.07, 6.45) is 3.44. The molecule has 1 atom stereocenters. The van der Waals surface area contributed by atoms with E-state index in [4.69, 9.17) is 0 Å². The van der Waals surface area contributed by atoms with Gasteiger partial charge in [-0.25, -0.2) is 0 Å². The number of amides is 1. The van der Waals surface area contributed by atoms with Gasteiger partial charge in [-0.1, -0.05) is 37.5 Å². The van der Waals surface area contributed by atoms with Crippen LogP contribution in [0.4, 0.5) is 0 Å². The monoisotopic (exact) mass is 265 g/mol. The average molecular weight is 265 g/mol. The summed E-state index contributed by atoms with van der Waals surface area (Å²) in [6.45, 7) is 6.99. The summed E-state index contributed by atoms with van der Waals surface area (Å²) in [6, 6.07) is 8.30. The van der Waals surface area contributed by atoms with Crippen LogP contribution in [0.2, 0.25) is 0 Å². The number of aryl methyl sites for hydroxylation is 1. The molecule has 1 aromatic carbocycles. The number of carbonyl (C=O) groups excluding carboxylic acids is 1. The molecule has 0 heterocycles. The zero-order valence-electron chi connectivity index (χ0n) is 11.5. The van der Waals surface area contributed by atoms with E-state index in [9.17, 15) is 4.79 Å². The molecule has 2 nitrogen and oxygen atoms in total. The Labute approximate surface area is 115 Å². The lowest BCUT2D eigenvalue weighted by molar-refractivity contribution is -0.120. The Hall–Kier alpha value is -0.960. The maximum atomic E-state index is 11.8. The smallest absolute Gasteiger partial charge is 0.233 e. The van der Waals surface area contributed by atoms with Crippen LogP contribution >= 0.6 is 11.8 Å². The molecular weight excluding hydrogens is 242 g/mol. The zero-order chi connectivity index (χ0) is 13.4.